The van der Waals surface area contributed by atoms with E-state index in [0.717, 1.165) is 44.8 Å². The van der Waals surface area contributed by atoms with Crippen molar-refractivity contribution in [3.63, 3.8) is 0 Å². The Labute approximate surface area is 156 Å². The molecule has 0 aliphatic carbocycles. The molecule has 0 radical (unpaired) electrons. The number of pyridine rings is 1. The summed E-state index contributed by atoms with van der Waals surface area (Å²) in [6.07, 6.45) is 6.38. The van der Waals surface area contributed by atoms with Crippen LogP contribution in [0.2, 0.25) is 0 Å². The summed E-state index contributed by atoms with van der Waals surface area (Å²) in [5.41, 5.74) is 1.43. The SMILES string of the molecule is CC(=O)NC1CCN(c2cc(C3CCNCC3)ccn2)CC1.Cl.Cl. The third kappa shape index (κ3) is 5.50. The minimum Gasteiger partial charge on any atom is -0.356 e. The van der Waals surface area contributed by atoms with E-state index in [1.165, 1.54) is 18.4 Å². The van der Waals surface area contributed by atoms with E-state index in [1.807, 2.05) is 6.20 Å². The molecule has 0 atom stereocenters. The number of amides is 1. The van der Waals surface area contributed by atoms with Gasteiger partial charge >= 0.3 is 0 Å². The molecule has 2 N–H and O–H groups in total. The normalized spacial score (nSPS) is 19.1. The number of aromatic nitrogens is 1. The number of hydrogen-bond donors (Lipinski definition) is 2. The van der Waals surface area contributed by atoms with Gasteiger partial charge in [0.1, 0.15) is 5.82 Å². The van der Waals surface area contributed by atoms with Crippen molar-refractivity contribution in [1.29, 1.82) is 0 Å². The van der Waals surface area contributed by atoms with Gasteiger partial charge in [0.15, 0.2) is 0 Å². The fraction of sp³-hybridized carbons (Fsp3) is 0.647. The van der Waals surface area contributed by atoms with Crippen LogP contribution in [0.25, 0.3) is 0 Å². The van der Waals surface area contributed by atoms with Gasteiger partial charge in [-0.1, -0.05) is 0 Å². The Bertz CT molecular complexity index is 515. The highest BCUT2D eigenvalue weighted by molar-refractivity contribution is 5.85. The van der Waals surface area contributed by atoms with Gasteiger partial charge in [0.2, 0.25) is 5.91 Å². The number of anilines is 1. The van der Waals surface area contributed by atoms with Gasteiger partial charge in [0.25, 0.3) is 0 Å². The van der Waals surface area contributed by atoms with E-state index in [4.69, 9.17) is 0 Å². The zero-order valence-corrected chi connectivity index (χ0v) is 15.8. The van der Waals surface area contributed by atoms with Crippen molar-refractivity contribution in [2.24, 2.45) is 0 Å². The molecule has 2 fully saturated rings. The average Bonchev–Trinajstić information content (AvgIpc) is 2.56. The highest BCUT2D eigenvalue weighted by Gasteiger charge is 2.22. The summed E-state index contributed by atoms with van der Waals surface area (Å²) < 4.78 is 0. The largest absolute Gasteiger partial charge is 0.356 e. The van der Waals surface area contributed by atoms with Crippen LogP contribution in [-0.2, 0) is 4.79 Å². The van der Waals surface area contributed by atoms with Crippen molar-refractivity contribution < 1.29 is 4.79 Å². The van der Waals surface area contributed by atoms with Crippen LogP contribution in [0.3, 0.4) is 0 Å². The molecule has 7 heteroatoms. The van der Waals surface area contributed by atoms with E-state index < -0.39 is 0 Å². The molecule has 1 aromatic rings. The molecule has 5 nitrogen and oxygen atoms in total. The monoisotopic (exact) mass is 374 g/mol. The van der Waals surface area contributed by atoms with E-state index in [9.17, 15) is 4.79 Å². The number of nitrogens with one attached hydrogen (secondary N) is 2. The number of halogens is 2. The topological polar surface area (TPSA) is 57.3 Å². The van der Waals surface area contributed by atoms with Gasteiger partial charge in [-0.25, -0.2) is 4.98 Å². The summed E-state index contributed by atoms with van der Waals surface area (Å²) in [6.45, 7) is 5.76. The third-order valence-electron chi connectivity index (χ3n) is 4.81. The lowest BCUT2D eigenvalue weighted by Crippen LogP contribution is -2.44. The van der Waals surface area contributed by atoms with Gasteiger partial charge < -0.3 is 15.5 Å². The van der Waals surface area contributed by atoms with Crippen molar-refractivity contribution in [2.75, 3.05) is 31.1 Å². The second-order valence-electron chi connectivity index (χ2n) is 6.43. The predicted octanol–water partition coefficient (Wildman–Crippen LogP) is 2.50. The van der Waals surface area contributed by atoms with E-state index in [0.29, 0.717) is 12.0 Å². The van der Waals surface area contributed by atoms with Gasteiger partial charge in [-0.15, -0.1) is 24.8 Å². The second kappa shape index (κ2) is 10.1. The molecular weight excluding hydrogens is 347 g/mol. The van der Waals surface area contributed by atoms with Crippen molar-refractivity contribution in [3.05, 3.63) is 23.9 Å². The maximum absolute atomic E-state index is 11.1. The maximum atomic E-state index is 11.1. The molecule has 2 saturated heterocycles. The molecule has 2 aliphatic heterocycles. The Balaban J connectivity index is 0.00000144. The first kappa shape index (κ1) is 21.0. The first-order chi connectivity index (χ1) is 10.7. The van der Waals surface area contributed by atoms with Crippen molar-refractivity contribution in [1.82, 2.24) is 15.6 Å². The standard InChI is InChI=1S/C17H26N4O.2ClH/c1-13(22)20-16-5-10-21(11-6-16)17-12-15(4-9-19-17)14-2-7-18-8-3-14;;/h4,9,12,14,16,18H,2-3,5-8,10-11H2,1H3,(H,20,22);2*1H. The Morgan fingerprint density at radius 3 is 2.50 bits per heavy atom. The van der Waals surface area contributed by atoms with E-state index in [-0.39, 0.29) is 30.7 Å². The molecule has 3 heterocycles. The van der Waals surface area contributed by atoms with Crippen molar-refractivity contribution in [3.8, 4) is 0 Å². The van der Waals surface area contributed by atoms with Gasteiger partial charge in [0, 0.05) is 32.3 Å². The molecule has 0 unspecified atom stereocenters. The number of piperidine rings is 2. The summed E-state index contributed by atoms with van der Waals surface area (Å²) in [4.78, 5) is 18.1. The summed E-state index contributed by atoms with van der Waals surface area (Å²) in [7, 11) is 0. The van der Waals surface area contributed by atoms with Gasteiger partial charge in [-0.3, -0.25) is 4.79 Å². The molecule has 24 heavy (non-hydrogen) atoms. The Hall–Kier alpha value is -1.04. The van der Waals surface area contributed by atoms with Crippen molar-refractivity contribution >= 4 is 36.5 Å². The number of carbonyl (C=O) groups excluding carboxylic acids is 1. The molecule has 0 spiro atoms. The number of carbonyl (C=O) groups is 1. The van der Waals surface area contributed by atoms with Crippen LogP contribution < -0.4 is 15.5 Å². The molecule has 1 amide bonds. The van der Waals surface area contributed by atoms with Gasteiger partial charge in [0.05, 0.1) is 0 Å². The summed E-state index contributed by atoms with van der Waals surface area (Å²) >= 11 is 0. The van der Waals surface area contributed by atoms with E-state index >= 15 is 0 Å². The molecule has 2 aliphatic rings. The van der Waals surface area contributed by atoms with Crippen molar-refractivity contribution in [2.45, 2.75) is 44.6 Å². The lowest BCUT2D eigenvalue weighted by molar-refractivity contribution is -0.119. The number of nitrogens with zero attached hydrogens (tertiary/aromatic N) is 2. The fourth-order valence-corrected chi connectivity index (χ4v) is 3.56. The smallest absolute Gasteiger partial charge is 0.217 e. The zero-order valence-electron chi connectivity index (χ0n) is 14.2. The fourth-order valence-electron chi connectivity index (χ4n) is 3.56. The zero-order chi connectivity index (χ0) is 15.4. The highest BCUT2D eigenvalue weighted by Crippen LogP contribution is 2.28. The minimum atomic E-state index is 0. The second-order valence-corrected chi connectivity index (χ2v) is 6.43. The van der Waals surface area contributed by atoms with Crippen LogP contribution in [-0.4, -0.2) is 43.1 Å². The third-order valence-corrected chi connectivity index (χ3v) is 4.81. The maximum Gasteiger partial charge on any atom is 0.217 e. The number of rotatable bonds is 3. The van der Waals surface area contributed by atoms with Crippen LogP contribution >= 0.6 is 24.8 Å². The summed E-state index contributed by atoms with van der Waals surface area (Å²) in [6, 6.07) is 4.76. The Kier molecular flexibility index (Phi) is 8.81. The molecule has 0 bridgehead atoms. The predicted molar refractivity (Wildman–Crippen MR) is 103 cm³/mol. The first-order valence-corrected chi connectivity index (χ1v) is 8.41. The first-order valence-electron chi connectivity index (χ1n) is 8.41. The number of hydrogen-bond acceptors (Lipinski definition) is 4. The van der Waals surface area contributed by atoms with E-state index in [2.05, 4.69) is 32.7 Å². The van der Waals surface area contributed by atoms with Crippen LogP contribution in [0.4, 0.5) is 5.82 Å². The quantitative estimate of drug-likeness (QED) is 0.853. The minimum absolute atomic E-state index is 0. The van der Waals surface area contributed by atoms with E-state index in [1.54, 1.807) is 6.92 Å². The molecule has 3 rings (SSSR count). The Morgan fingerprint density at radius 2 is 1.88 bits per heavy atom. The summed E-state index contributed by atoms with van der Waals surface area (Å²) in [5, 5.41) is 6.45. The molecular formula is C17H28Cl2N4O. The lowest BCUT2D eigenvalue weighted by Gasteiger charge is -2.33. The lowest BCUT2D eigenvalue weighted by atomic mass is 9.91. The highest BCUT2D eigenvalue weighted by atomic mass is 35.5. The summed E-state index contributed by atoms with van der Waals surface area (Å²) in [5.74, 6) is 1.83. The van der Waals surface area contributed by atoms with Crippen LogP contribution in [0.5, 0.6) is 0 Å². The molecule has 0 aromatic carbocycles. The van der Waals surface area contributed by atoms with Crippen LogP contribution in [0, 0.1) is 0 Å². The van der Waals surface area contributed by atoms with Crippen LogP contribution in [0.1, 0.15) is 44.1 Å². The van der Waals surface area contributed by atoms with Crippen LogP contribution in [0.15, 0.2) is 18.3 Å². The molecule has 0 saturated carbocycles. The molecule has 136 valence electrons. The Morgan fingerprint density at radius 1 is 1.21 bits per heavy atom. The van der Waals surface area contributed by atoms with Gasteiger partial charge in [-0.2, -0.15) is 0 Å². The molecule has 1 aromatic heterocycles. The average molecular weight is 375 g/mol. The van der Waals surface area contributed by atoms with Gasteiger partial charge in [-0.05, 0) is 62.4 Å².